The van der Waals surface area contributed by atoms with E-state index in [1.165, 1.54) is 30.0 Å². The predicted molar refractivity (Wildman–Crippen MR) is 128 cm³/mol. The van der Waals surface area contributed by atoms with Crippen molar-refractivity contribution in [2.24, 2.45) is 22.7 Å². The van der Waals surface area contributed by atoms with Gasteiger partial charge in [-0.2, -0.15) is 0 Å². The van der Waals surface area contributed by atoms with Crippen molar-refractivity contribution >= 4 is 23.5 Å². The SMILES string of the molecule is CCC[C@@H]1O[C@@H]2CC3C4C[C@H](F)C5=CC(=O)C=C[C@]5(C)[C@@]4(F)[C@@H](O)C[C@]3(C)[C@]2(SC2CCOC2=O)O1. The van der Waals surface area contributed by atoms with Crippen LogP contribution < -0.4 is 0 Å². The van der Waals surface area contributed by atoms with Gasteiger partial charge >= 0.3 is 5.97 Å². The molecule has 4 aliphatic carbocycles. The number of esters is 1. The van der Waals surface area contributed by atoms with Crippen LogP contribution >= 0.6 is 11.8 Å². The third-order valence-electron chi connectivity index (χ3n) is 10.1. The molecule has 0 aromatic heterocycles. The first-order valence-electron chi connectivity index (χ1n) is 13.1. The summed E-state index contributed by atoms with van der Waals surface area (Å²) in [5.74, 6) is -1.80. The second-order valence-corrected chi connectivity index (χ2v) is 13.2. The molecular weight excluding hydrogens is 490 g/mol. The van der Waals surface area contributed by atoms with Crippen LogP contribution in [0, 0.1) is 22.7 Å². The lowest BCUT2D eigenvalue weighted by molar-refractivity contribution is -0.222. The maximum Gasteiger partial charge on any atom is 0.319 e. The van der Waals surface area contributed by atoms with Crippen LogP contribution in [-0.4, -0.2) is 64.0 Å². The van der Waals surface area contributed by atoms with Gasteiger partial charge in [-0.15, -0.1) is 11.8 Å². The highest BCUT2D eigenvalue weighted by Crippen LogP contribution is 2.74. The molecule has 198 valence electrons. The molecule has 0 amide bonds. The Morgan fingerprint density at radius 1 is 1.22 bits per heavy atom. The normalized spacial score (nSPS) is 53.4. The molecule has 0 spiro atoms. The molecule has 2 saturated heterocycles. The molecule has 5 fully saturated rings. The Bertz CT molecular complexity index is 1050. The number of halogens is 2. The zero-order valence-corrected chi connectivity index (χ0v) is 21.7. The number of hydrogen-bond acceptors (Lipinski definition) is 7. The predicted octanol–water partition coefficient (Wildman–Crippen LogP) is 4.20. The number of carbonyl (C=O) groups excluding carboxylic acids is 2. The molecule has 6 aliphatic rings. The molecule has 6 rings (SSSR count). The van der Waals surface area contributed by atoms with Gasteiger partial charge in [0.25, 0.3) is 0 Å². The number of allylic oxidation sites excluding steroid dienone is 4. The second kappa shape index (κ2) is 8.10. The first-order valence-corrected chi connectivity index (χ1v) is 14.0. The van der Waals surface area contributed by atoms with Crippen LogP contribution in [-0.2, 0) is 23.8 Å². The number of thioether (sulfide) groups is 1. The lowest BCUT2D eigenvalue weighted by atomic mass is 9.45. The molecule has 2 heterocycles. The van der Waals surface area contributed by atoms with Crippen molar-refractivity contribution in [3.8, 4) is 0 Å². The van der Waals surface area contributed by atoms with Gasteiger partial charge in [-0.05, 0) is 56.3 Å². The van der Waals surface area contributed by atoms with Crippen molar-refractivity contribution in [1.29, 1.82) is 0 Å². The van der Waals surface area contributed by atoms with Gasteiger partial charge < -0.3 is 19.3 Å². The molecule has 0 aromatic rings. The van der Waals surface area contributed by atoms with E-state index in [0.29, 0.717) is 25.9 Å². The largest absolute Gasteiger partial charge is 0.465 e. The van der Waals surface area contributed by atoms with Crippen LogP contribution in [0.2, 0.25) is 0 Å². The molecule has 36 heavy (non-hydrogen) atoms. The minimum absolute atomic E-state index is 0.0831. The topological polar surface area (TPSA) is 82.1 Å². The molecule has 0 radical (unpaired) electrons. The van der Waals surface area contributed by atoms with Crippen LogP contribution in [0.1, 0.15) is 59.3 Å². The first kappa shape index (κ1) is 25.0. The van der Waals surface area contributed by atoms with Gasteiger partial charge in [0, 0.05) is 23.2 Å². The minimum atomic E-state index is -2.15. The molecule has 11 atom stereocenters. The van der Waals surface area contributed by atoms with E-state index in [1.54, 1.807) is 6.92 Å². The van der Waals surface area contributed by atoms with Gasteiger partial charge in [-0.1, -0.05) is 26.3 Å². The van der Waals surface area contributed by atoms with Gasteiger partial charge in [0.2, 0.25) is 0 Å². The third-order valence-corrected chi connectivity index (χ3v) is 11.9. The van der Waals surface area contributed by atoms with Gasteiger partial charge in [-0.3, -0.25) is 9.59 Å². The van der Waals surface area contributed by atoms with E-state index in [2.05, 4.69) is 0 Å². The monoisotopic (exact) mass is 524 g/mol. The van der Waals surface area contributed by atoms with E-state index in [9.17, 15) is 14.7 Å². The maximum atomic E-state index is 17.4. The summed E-state index contributed by atoms with van der Waals surface area (Å²) in [5.41, 5.74) is -4.23. The van der Waals surface area contributed by atoms with Gasteiger partial charge in [0.05, 0.1) is 12.7 Å². The summed E-state index contributed by atoms with van der Waals surface area (Å²) in [6, 6.07) is 0. The van der Waals surface area contributed by atoms with E-state index < -0.39 is 57.3 Å². The van der Waals surface area contributed by atoms with Crippen molar-refractivity contribution in [3.63, 3.8) is 0 Å². The van der Waals surface area contributed by atoms with Gasteiger partial charge in [0.1, 0.15) is 22.5 Å². The zero-order valence-electron chi connectivity index (χ0n) is 20.9. The fourth-order valence-electron chi connectivity index (χ4n) is 8.30. The van der Waals surface area contributed by atoms with Crippen molar-refractivity contribution in [1.82, 2.24) is 0 Å². The van der Waals surface area contributed by atoms with Gasteiger partial charge in [0.15, 0.2) is 17.7 Å². The Labute approximate surface area is 214 Å². The van der Waals surface area contributed by atoms with E-state index in [0.717, 1.165) is 6.42 Å². The Morgan fingerprint density at radius 2 is 2.00 bits per heavy atom. The van der Waals surface area contributed by atoms with Crippen molar-refractivity contribution in [3.05, 3.63) is 23.8 Å². The van der Waals surface area contributed by atoms with Crippen LogP contribution in [0.3, 0.4) is 0 Å². The minimum Gasteiger partial charge on any atom is -0.465 e. The molecule has 0 aromatic carbocycles. The maximum absolute atomic E-state index is 17.4. The fraction of sp³-hybridized carbons (Fsp3) is 0.778. The molecule has 1 N–H and O–H groups in total. The first-order chi connectivity index (χ1) is 17.0. The number of ketones is 1. The number of rotatable bonds is 4. The fourth-order valence-corrected chi connectivity index (χ4v) is 10.1. The highest BCUT2D eigenvalue weighted by Gasteiger charge is 2.79. The standard InChI is InChI=1S/C27H34F2O6S/c1-4-5-22-34-21-12-15-16-11-18(28)17-10-14(30)6-8-24(17,2)26(16,29)20(31)13-25(15,3)27(21,35-22)36-19-7-9-33-23(19)32/h6,8,10,15-16,18-22,31H,4-5,7,9,11-13H2,1-3H3/t15?,16?,18-,19?,20-,21+,22+,24-,25-,26-,27-/m0/s1. The smallest absolute Gasteiger partial charge is 0.319 e. The quantitative estimate of drug-likeness (QED) is 0.552. The molecular formula is C27H34F2O6S. The number of hydrogen-bond donors (Lipinski definition) is 1. The second-order valence-electron chi connectivity index (χ2n) is 11.8. The van der Waals surface area contributed by atoms with Crippen molar-refractivity contribution in [2.75, 3.05) is 6.61 Å². The Balaban J connectivity index is 1.43. The van der Waals surface area contributed by atoms with Crippen LogP contribution in [0.5, 0.6) is 0 Å². The highest BCUT2D eigenvalue weighted by molar-refractivity contribution is 8.01. The van der Waals surface area contributed by atoms with E-state index in [4.69, 9.17) is 14.2 Å². The van der Waals surface area contributed by atoms with Crippen LogP contribution in [0.4, 0.5) is 8.78 Å². The lowest BCUT2D eigenvalue weighted by Gasteiger charge is -2.63. The number of ether oxygens (including phenoxy) is 3. The van der Waals surface area contributed by atoms with E-state index >= 15 is 8.78 Å². The Hall–Kier alpha value is -1.29. The summed E-state index contributed by atoms with van der Waals surface area (Å²) in [6.45, 7) is 5.98. The molecule has 0 bridgehead atoms. The average molecular weight is 525 g/mol. The van der Waals surface area contributed by atoms with E-state index in [-0.39, 0.29) is 36.1 Å². The number of alkyl halides is 2. The summed E-state index contributed by atoms with van der Waals surface area (Å²) in [5, 5.41) is 11.2. The van der Waals surface area contributed by atoms with Crippen molar-refractivity contribution < 1.29 is 37.7 Å². The average Bonchev–Trinajstić information content (AvgIpc) is 3.44. The number of aliphatic hydroxyl groups is 1. The number of cyclic esters (lactones) is 1. The van der Waals surface area contributed by atoms with Crippen molar-refractivity contribution in [2.45, 2.75) is 99.8 Å². The number of carbonyl (C=O) groups is 2. The molecule has 3 saturated carbocycles. The highest BCUT2D eigenvalue weighted by atomic mass is 32.2. The summed E-state index contributed by atoms with van der Waals surface area (Å²) < 4.78 is 51.4. The number of aliphatic hydroxyl groups excluding tert-OH is 1. The van der Waals surface area contributed by atoms with Gasteiger partial charge in [-0.25, -0.2) is 8.78 Å². The number of fused-ring (bicyclic) bond motifs is 7. The Morgan fingerprint density at radius 3 is 2.69 bits per heavy atom. The Kier molecular flexibility index (Phi) is 5.63. The van der Waals surface area contributed by atoms with Crippen LogP contribution in [0.25, 0.3) is 0 Å². The summed E-state index contributed by atoms with van der Waals surface area (Å²) in [6.07, 6.45) is 2.69. The van der Waals surface area contributed by atoms with Crippen LogP contribution in [0.15, 0.2) is 23.8 Å². The molecule has 9 heteroatoms. The zero-order chi connectivity index (χ0) is 25.7. The third kappa shape index (κ3) is 3.00. The molecule has 2 aliphatic heterocycles. The summed E-state index contributed by atoms with van der Waals surface area (Å²) in [4.78, 5) is 23.6. The summed E-state index contributed by atoms with van der Waals surface area (Å²) in [7, 11) is 0. The lowest BCUT2D eigenvalue weighted by Crippen LogP contribution is -2.69. The van der Waals surface area contributed by atoms with E-state index in [1.807, 2.05) is 13.8 Å². The molecule has 6 nitrogen and oxygen atoms in total. The molecule has 3 unspecified atom stereocenters. The summed E-state index contributed by atoms with van der Waals surface area (Å²) >= 11 is 1.40.